The van der Waals surface area contributed by atoms with Crippen LogP contribution in [0.15, 0.2) is 48.7 Å². The first-order valence-electron chi connectivity index (χ1n) is 8.86. The molecule has 2 heterocycles. The van der Waals surface area contributed by atoms with Crippen molar-refractivity contribution in [2.45, 2.75) is 31.9 Å². The number of nitrogens with zero attached hydrogens (tertiary/aromatic N) is 3. The highest BCUT2D eigenvalue weighted by atomic mass is 19.4. The van der Waals surface area contributed by atoms with Gasteiger partial charge in [-0.05, 0) is 41.7 Å². The Kier molecular flexibility index (Phi) is 5.92. The number of benzene rings is 1. The summed E-state index contributed by atoms with van der Waals surface area (Å²) in [5.74, 6) is -0.699. The highest BCUT2D eigenvalue weighted by Gasteiger charge is 2.43. The number of carbonyl (C=O) groups is 1. The van der Waals surface area contributed by atoms with Gasteiger partial charge in [0.15, 0.2) is 6.04 Å². The van der Waals surface area contributed by atoms with Gasteiger partial charge in [-0.15, -0.1) is 0 Å². The van der Waals surface area contributed by atoms with E-state index in [0.29, 0.717) is 5.69 Å². The average molecular weight is 441 g/mol. The van der Waals surface area contributed by atoms with Gasteiger partial charge in [-0.25, -0.2) is 0 Å². The van der Waals surface area contributed by atoms with Gasteiger partial charge >= 0.3 is 24.2 Å². The molecule has 0 aliphatic carbocycles. The molecule has 31 heavy (non-hydrogen) atoms. The highest BCUT2D eigenvalue weighted by molar-refractivity contribution is 5.76. The molecule has 1 amide bonds. The van der Waals surface area contributed by atoms with Gasteiger partial charge in [0.25, 0.3) is 0 Å². The second kappa shape index (κ2) is 8.29. The van der Waals surface area contributed by atoms with Crippen molar-refractivity contribution < 1.29 is 36.1 Å². The van der Waals surface area contributed by atoms with E-state index < -0.39 is 41.1 Å². The maximum absolute atomic E-state index is 13.5. The van der Waals surface area contributed by atoms with Crippen LogP contribution in [0.25, 0.3) is 0 Å². The number of carbonyl (C=O) groups excluding carboxylic acids is 1. The van der Waals surface area contributed by atoms with Crippen LogP contribution in [0.2, 0.25) is 0 Å². The Morgan fingerprint density at radius 1 is 1.10 bits per heavy atom. The van der Waals surface area contributed by atoms with E-state index in [1.54, 1.807) is 13.0 Å². The van der Waals surface area contributed by atoms with Crippen LogP contribution < -0.4 is 10.3 Å². The van der Waals surface area contributed by atoms with Crippen molar-refractivity contribution in [3.8, 4) is 0 Å². The van der Waals surface area contributed by atoms with Crippen LogP contribution in [0.1, 0.15) is 34.1 Å². The summed E-state index contributed by atoms with van der Waals surface area (Å²) in [6.07, 6.45) is -5.68. The van der Waals surface area contributed by atoms with Gasteiger partial charge in [-0.1, -0.05) is 12.1 Å². The normalized spacial score (nSPS) is 12.9. The molecule has 0 radical (unpaired) electrons. The van der Waals surface area contributed by atoms with Crippen LogP contribution in [0.5, 0.6) is 0 Å². The lowest BCUT2D eigenvalue weighted by atomic mass is 9.98. The second-order valence-corrected chi connectivity index (χ2v) is 6.62. The highest BCUT2D eigenvalue weighted by Crippen LogP contribution is 2.35. The summed E-state index contributed by atoms with van der Waals surface area (Å²) in [5.41, 5.74) is -2.05. The van der Waals surface area contributed by atoms with Crippen LogP contribution in [0, 0.1) is 13.1 Å². The zero-order valence-electron chi connectivity index (χ0n) is 15.9. The van der Waals surface area contributed by atoms with Gasteiger partial charge in [0.1, 0.15) is 12.1 Å². The number of rotatable bonds is 5. The standard InChI is InChI=1S/C20H14F6N4O/c1-12-8-10-28-30(12)11-16(31)29-17(13-4-6-14(7-5-13)19(21,22)23)18-15(20(24,25)26)3-2-9-27-18/h2-8,10,17H,11H2,1H3/p+1/t17-/m0/s1. The SMILES string of the molecule is Cc1ccnn1CC(=O)N[C@@H](c1ccc(C(F)(F)F)cc1)c1[n+]#cccc1C(F)(F)F. The van der Waals surface area contributed by atoms with Gasteiger partial charge in [-0.2, -0.15) is 31.4 Å². The van der Waals surface area contributed by atoms with Gasteiger partial charge in [0.05, 0.1) is 11.6 Å². The summed E-state index contributed by atoms with van der Waals surface area (Å²) < 4.78 is 80.5. The number of amides is 1. The van der Waals surface area contributed by atoms with Gasteiger partial charge < -0.3 is 5.32 Å². The lowest BCUT2D eigenvalue weighted by Gasteiger charge is -2.17. The number of hydrogen-bond donors (Lipinski definition) is 1. The zero-order chi connectivity index (χ0) is 22.8. The van der Waals surface area contributed by atoms with Crippen molar-refractivity contribution in [1.29, 1.82) is 0 Å². The molecule has 1 N–H and O–H groups in total. The summed E-state index contributed by atoms with van der Waals surface area (Å²) in [5, 5.41) is 6.36. The van der Waals surface area contributed by atoms with Crippen molar-refractivity contribution in [1.82, 2.24) is 15.1 Å². The summed E-state index contributed by atoms with van der Waals surface area (Å²) in [4.78, 5) is 16.2. The van der Waals surface area contributed by atoms with Crippen molar-refractivity contribution in [3.63, 3.8) is 0 Å². The molecular formula is C20H15F6N4O+. The van der Waals surface area contributed by atoms with Crippen LogP contribution >= 0.6 is 0 Å². The van der Waals surface area contributed by atoms with E-state index in [1.807, 2.05) is 0 Å². The third-order valence-electron chi connectivity index (χ3n) is 4.46. The quantitative estimate of drug-likeness (QED) is 0.617. The summed E-state index contributed by atoms with van der Waals surface area (Å²) in [6.45, 7) is 1.39. The van der Waals surface area contributed by atoms with Gasteiger partial charge in [0.2, 0.25) is 5.91 Å². The molecule has 0 aliphatic heterocycles. The molecule has 0 unspecified atom stereocenters. The molecule has 162 valence electrons. The van der Waals surface area contributed by atoms with E-state index in [-0.39, 0.29) is 12.1 Å². The number of aromatic nitrogens is 3. The fraction of sp³-hybridized carbons (Fsp3) is 0.250. The third kappa shape index (κ3) is 5.14. The summed E-state index contributed by atoms with van der Waals surface area (Å²) in [6, 6.07) is 5.34. The van der Waals surface area contributed by atoms with Crippen molar-refractivity contribution >= 4 is 5.91 Å². The van der Waals surface area contributed by atoms with E-state index in [0.717, 1.165) is 36.4 Å². The Bertz CT molecular complexity index is 1060. The predicted molar refractivity (Wildman–Crippen MR) is 94.3 cm³/mol. The number of alkyl halides is 6. The first kappa shape index (κ1) is 22.1. The van der Waals surface area contributed by atoms with E-state index in [1.165, 1.54) is 10.9 Å². The van der Waals surface area contributed by atoms with Crippen molar-refractivity contribution in [3.05, 3.63) is 82.9 Å². The molecule has 3 aromatic rings. The monoisotopic (exact) mass is 441 g/mol. The minimum absolute atomic E-state index is 0.00358. The topological polar surface area (TPSA) is 61.0 Å². The van der Waals surface area contributed by atoms with Crippen LogP contribution in [-0.4, -0.2) is 15.7 Å². The van der Waals surface area contributed by atoms with Crippen LogP contribution in [-0.2, 0) is 23.7 Å². The molecule has 5 nitrogen and oxygen atoms in total. The maximum Gasteiger partial charge on any atom is 0.423 e. The van der Waals surface area contributed by atoms with E-state index in [9.17, 15) is 31.1 Å². The fourth-order valence-corrected chi connectivity index (χ4v) is 2.91. The molecule has 3 rings (SSSR count). The molecule has 2 aromatic heterocycles. The van der Waals surface area contributed by atoms with E-state index in [2.05, 4.69) is 21.6 Å². The molecule has 0 aliphatic rings. The molecule has 1 aromatic carbocycles. The van der Waals surface area contributed by atoms with Crippen molar-refractivity contribution in [2.24, 2.45) is 0 Å². The first-order valence-corrected chi connectivity index (χ1v) is 8.86. The lowest BCUT2D eigenvalue weighted by Crippen LogP contribution is -2.36. The Labute approximate surface area is 172 Å². The Morgan fingerprint density at radius 2 is 1.77 bits per heavy atom. The minimum Gasteiger partial charge on any atom is -0.337 e. The smallest absolute Gasteiger partial charge is 0.337 e. The maximum atomic E-state index is 13.5. The van der Waals surface area contributed by atoms with Gasteiger partial charge in [-0.3, -0.25) is 9.48 Å². The Balaban J connectivity index is 2.01. The molecule has 0 saturated heterocycles. The third-order valence-corrected chi connectivity index (χ3v) is 4.46. The summed E-state index contributed by atoms with van der Waals surface area (Å²) >= 11 is 0. The van der Waals surface area contributed by atoms with Crippen LogP contribution in [0.4, 0.5) is 26.3 Å². The molecule has 11 heteroatoms. The van der Waals surface area contributed by atoms with E-state index in [4.69, 9.17) is 0 Å². The fourth-order valence-electron chi connectivity index (χ4n) is 2.91. The van der Waals surface area contributed by atoms with Crippen LogP contribution in [0.3, 0.4) is 0 Å². The average Bonchev–Trinajstić information content (AvgIpc) is 3.09. The van der Waals surface area contributed by atoms with Gasteiger partial charge in [0, 0.05) is 11.9 Å². The Hall–Kier alpha value is -3.55. The lowest BCUT2D eigenvalue weighted by molar-refractivity contribution is -0.316. The zero-order valence-corrected chi connectivity index (χ0v) is 15.9. The first-order chi connectivity index (χ1) is 14.5. The number of hydrogen-bond acceptors (Lipinski definition) is 2. The number of halogens is 6. The van der Waals surface area contributed by atoms with Crippen molar-refractivity contribution in [2.75, 3.05) is 0 Å². The molecule has 0 saturated carbocycles. The second-order valence-electron chi connectivity index (χ2n) is 6.62. The summed E-state index contributed by atoms with van der Waals surface area (Å²) in [7, 11) is 0. The Morgan fingerprint density at radius 3 is 2.32 bits per heavy atom. The predicted octanol–water partition coefficient (Wildman–Crippen LogP) is 3.54. The number of aryl methyl sites for hydroxylation is 1. The van der Waals surface area contributed by atoms with E-state index >= 15 is 0 Å². The largest absolute Gasteiger partial charge is 0.423 e. The molecule has 0 fully saturated rings. The molecule has 1 atom stereocenters. The molecular weight excluding hydrogens is 426 g/mol. The molecule has 0 bridgehead atoms. The molecule has 0 spiro atoms. The number of nitrogens with one attached hydrogen (secondary N) is 1. The minimum atomic E-state index is -4.80.